The first-order chi connectivity index (χ1) is 18.0. The summed E-state index contributed by atoms with van der Waals surface area (Å²) >= 11 is 1.83. The van der Waals surface area contributed by atoms with Gasteiger partial charge in [0.1, 0.15) is 24.1 Å². The number of aromatic nitrogens is 3. The molecular formula is C28H40N4O4S. The number of fused-ring (bicyclic) bond motifs is 1. The van der Waals surface area contributed by atoms with Crippen LogP contribution in [0.2, 0.25) is 0 Å². The SMILES string of the molecule is CCCCOc1ncnc2c(CNC[C@H](CSC)[C@H]3COC(C)(C)O3)cn(COCc3ccccc3)c12. The van der Waals surface area contributed by atoms with Crippen LogP contribution in [0.5, 0.6) is 5.88 Å². The molecule has 4 rings (SSSR count). The molecule has 37 heavy (non-hydrogen) atoms. The van der Waals surface area contributed by atoms with Crippen LogP contribution in [0.1, 0.15) is 44.7 Å². The first kappa shape index (κ1) is 27.9. The van der Waals surface area contributed by atoms with Crippen molar-refractivity contribution < 1.29 is 18.9 Å². The number of nitrogens with one attached hydrogen (secondary N) is 1. The maximum absolute atomic E-state index is 6.15. The molecule has 1 aromatic carbocycles. The van der Waals surface area contributed by atoms with Gasteiger partial charge in [-0.3, -0.25) is 0 Å². The Morgan fingerprint density at radius 3 is 2.81 bits per heavy atom. The summed E-state index contributed by atoms with van der Waals surface area (Å²) in [6.45, 7) is 9.78. The van der Waals surface area contributed by atoms with Gasteiger partial charge in [0.2, 0.25) is 5.88 Å². The molecule has 0 aliphatic carbocycles. The maximum Gasteiger partial charge on any atom is 0.241 e. The van der Waals surface area contributed by atoms with Crippen molar-refractivity contribution in [1.29, 1.82) is 0 Å². The van der Waals surface area contributed by atoms with Gasteiger partial charge in [0.15, 0.2) is 5.79 Å². The summed E-state index contributed by atoms with van der Waals surface area (Å²) in [6.07, 6.45) is 7.95. The van der Waals surface area contributed by atoms with Crippen LogP contribution in [0.3, 0.4) is 0 Å². The van der Waals surface area contributed by atoms with Gasteiger partial charge in [0.25, 0.3) is 0 Å². The minimum Gasteiger partial charge on any atom is -0.476 e. The molecule has 2 aromatic heterocycles. The highest BCUT2D eigenvalue weighted by molar-refractivity contribution is 7.98. The first-order valence-corrected chi connectivity index (χ1v) is 14.5. The highest BCUT2D eigenvalue weighted by Crippen LogP contribution is 2.29. The van der Waals surface area contributed by atoms with Crippen LogP contribution in [0.15, 0.2) is 42.9 Å². The number of rotatable bonds is 15. The molecule has 0 unspecified atom stereocenters. The van der Waals surface area contributed by atoms with E-state index in [1.165, 1.54) is 0 Å². The number of nitrogens with zero attached hydrogens (tertiary/aromatic N) is 3. The third-order valence-corrected chi connectivity index (χ3v) is 7.19. The van der Waals surface area contributed by atoms with Crippen LogP contribution in [0.4, 0.5) is 0 Å². The zero-order chi connectivity index (χ0) is 26.1. The van der Waals surface area contributed by atoms with E-state index >= 15 is 0 Å². The average molecular weight is 529 g/mol. The molecule has 0 bridgehead atoms. The standard InChI is InChI=1S/C28H40N4O4S/c1-5-6-12-34-27-26-25(30-19-31-27)22(15-32(26)20-33-16-21-10-8-7-9-11-21)13-29-14-23(18-37-4)24-17-35-28(2,3)36-24/h7-11,15,19,23-24,29H,5-6,12-14,16-18,20H2,1-4H3/t23-,24-/m1/s1. The quantitative estimate of drug-likeness (QED) is 0.276. The summed E-state index contributed by atoms with van der Waals surface area (Å²) < 4.78 is 26.2. The molecule has 1 saturated heterocycles. The van der Waals surface area contributed by atoms with Crippen LogP contribution in [-0.4, -0.2) is 58.2 Å². The summed E-state index contributed by atoms with van der Waals surface area (Å²) in [7, 11) is 0. The van der Waals surface area contributed by atoms with Crippen LogP contribution >= 0.6 is 11.8 Å². The van der Waals surface area contributed by atoms with E-state index in [0.717, 1.165) is 47.3 Å². The molecule has 1 fully saturated rings. The van der Waals surface area contributed by atoms with E-state index in [-0.39, 0.29) is 6.10 Å². The lowest BCUT2D eigenvalue weighted by Crippen LogP contribution is -2.35. The lowest BCUT2D eigenvalue weighted by atomic mass is 10.1. The Kier molecular flexibility index (Phi) is 10.2. The molecule has 1 aliphatic heterocycles. The van der Waals surface area contributed by atoms with E-state index < -0.39 is 5.79 Å². The molecule has 0 amide bonds. The molecule has 9 heteroatoms. The van der Waals surface area contributed by atoms with Crippen LogP contribution in [-0.2, 0) is 34.1 Å². The predicted octanol–water partition coefficient (Wildman–Crippen LogP) is 5.00. The molecule has 0 radical (unpaired) electrons. The average Bonchev–Trinajstić information content (AvgIpc) is 3.44. The fourth-order valence-corrected chi connectivity index (χ4v) is 5.27. The normalized spacial score (nSPS) is 17.9. The zero-order valence-electron chi connectivity index (χ0n) is 22.4. The second-order valence-corrected chi connectivity index (χ2v) is 10.8. The van der Waals surface area contributed by atoms with Gasteiger partial charge < -0.3 is 28.8 Å². The number of unbranched alkanes of at least 4 members (excludes halogenated alkanes) is 1. The van der Waals surface area contributed by atoms with Gasteiger partial charge in [0.05, 0.1) is 25.9 Å². The maximum atomic E-state index is 6.15. The van der Waals surface area contributed by atoms with E-state index in [9.17, 15) is 0 Å². The van der Waals surface area contributed by atoms with Gasteiger partial charge >= 0.3 is 0 Å². The fourth-order valence-electron chi connectivity index (χ4n) is 4.51. The number of thioether (sulfide) groups is 1. The van der Waals surface area contributed by atoms with Gasteiger partial charge in [-0.15, -0.1) is 0 Å². The van der Waals surface area contributed by atoms with Crippen molar-refractivity contribution in [2.45, 2.75) is 65.4 Å². The van der Waals surface area contributed by atoms with Gasteiger partial charge in [0, 0.05) is 30.8 Å². The summed E-state index contributed by atoms with van der Waals surface area (Å²) in [5, 5.41) is 3.65. The third-order valence-electron chi connectivity index (χ3n) is 6.43. The summed E-state index contributed by atoms with van der Waals surface area (Å²) in [6, 6.07) is 10.2. The van der Waals surface area contributed by atoms with E-state index in [0.29, 0.717) is 44.9 Å². The monoisotopic (exact) mass is 528 g/mol. The van der Waals surface area contributed by atoms with Gasteiger partial charge in [-0.25, -0.2) is 4.98 Å². The molecule has 2 atom stereocenters. The molecule has 0 spiro atoms. The topological polar surface area (TPSA) is 79.7 Å². The molecule has 8 nitrogen and oxygen atoms in total. The van der Waals surface area contributed by atoms with E-state index in [2.05, 4.69) is 51.4 Å². The van der Waals surface area contributed by atoms with Gasteiger partial charge in [-0.1, -0.05) is 43.7 Å². The van der Waals surface area contributed by atoms with Crippen molar-refractivity contribution in [2.75, 3.05) is 31.8 Å². The molecule has 3 aromatic rings. The zero-order valence-corrected chi connectivity index (χ0v) is 23.3. The molecule has 0 saturated carbocycles. The van der Waals surface area contributed by atoms with Crippen molar-refractivity contribution in [1.82, 2.24) is 19.9 Å². The summed E-state index contributed by atoms with van der Waals surface area (Å²) in [4.78, 5) is 9.09. The van der Waals surface area contributed by atoms with Crippen LogP contribution in [0.25, 0.3) is 11.0 Å². The van der Waals surface area contributed by atoms with E-state index in [4.69, 9.17) is 18.9 Å². The highest BCUT2D eigenvalue weighted by Gasteiger charge is 2.37. The minimum atomic E-state index is -0.514. The molecule has 1 N–H and O–H groups in total. The second-order valence-electron chi connectivity index (χ2n) is 9.88. The molecule has 1 aliphatic rings. The summed E-state index contributed by atoms with van der Waals surface area (Å²) in [5.74, 6) is 1.44. The Bertz CT molecular complexity index is 1110. The molecule has 202 valence electrons. The lowest BCUT2D eigenvalue weighted by molar-refractivity contribution is -0.143. The smallest absolute Gasteiger partial charge is 0.241 e. The molecule has 3 heterocycles. The van der Waals surface area contributed by atoms with Crippen molar-refractivity contribution in [2.24, 2.45) is 5.92 Å². The Morgan fingerprint density at radius 2 is 2.08 bits per heavy atom. The van der Waals surface area contributed by atoms with Crippen molar-refractivity contribution in [3.05, 3.63) is 54.0 Å². The van der Waals surface area contributed by atoms with Crippen LogP contribution < -0.4 is 10.1 Å². The van der Waals surface area contributed by atoms with Crippen molar-refractivity contribution >= 4 is 22.8 Å². The number of hydrogen-bond acceptors (Lipinski definition) is 8. The van der Waals surface area contributed by atoms with Crippen molar-refractivity contribution in [3.8, 4) is 5.88 Å². The first-order valence-electron chi connectivity index (χ1n) is 13.1. The minimum absolute atomic E-state index is 0.0866. The Hall–Kier alpha value is -2.17. The largest absolute Gasteiger partial charge is 0.476 e. The number of ether oxygens (including phenoxy) is 4. The highest BCUT2D eigenvalue weighted by atomic mass is 32.2. The summed E-state index contributed by atoms with van der Waals surface area (Å²) in [5.41, 5.74) is 3.99. The molecular weight excluding hydrogens is 488 g/mol. The van der Waals surface area contributed by atoms with Crippen LogP contribution in [0, 0.1) is 5.92 Å². The van der Waals surface area contributed by atoms with E-state index in [1.807, 2.05) is 43.8 Å². The third kappa shape index (κ3) is 7.67. The fraction of sp³-hybridized carbons (Fsp3) is 0.571. The van der Waals surface area contributed by atoms with Crippen molar-refractivity contribution in [3.63, 3.8) is 0 Å². The lowest BCUT2D eigenvalue weighted by Gasteiger charge is -2.24. The second kappa shape index (κ2) is 13.6. The number of hydrogen-bond donors (Lipinski definition) is 1. The predicted molar refractivity (Wildman–Crippen MR) is 148 cm³/mol. The van der Waals surface area contributed by atoms with E-state index in [1.54, 1.807) is 6.33 Å². The van der Waals surface area contributed by atoms with Gasteiger partial charge in [-0.2, -0.15) is 16.7 Å². The Morgan fingerprint density at radius 1 is 1.24 bits per heavy atom. The Labute approximate surface area is 224 Å². The van der Waals surface area contributed by atoms with Gasteiger partial charge in [-0.05, 0) is 37.8 Å². The number of benzene rings is 1. The Balaban J connectivity index is 1.47.